The Morgan fingerprint density at radius 1 is 1.03 bits per heavy atom. The summed E-state index contributed by atoms with van der Waals surface area (Å²) in [6, 6.07) is 10.1. The van der Waals surface area contributed by atoms with E-state index in [2.05, 4.69) is 13.7 Å². The van der Waals surface area contributed by atoms with E-state index < -0.39 is 44.5 Å². The summed E-state index contributed by atoms with van der Waals surface area (Å²) in [6.45, 7) is 0.172. The van der Waals surface area contributed by atoms with Crippen molar-refractivity contribution in [2.45, 2.75) is 19.1 Å². The smallest absolute Gasteiger partial charge is 0.397 e. The second kappa shape index (κ2) is 10.6. The minimum atomic E-state index is -5.17. The van der Waals surface area contributed by atoms with Crippen molar-refractivity contribution in [3.05, 3.63) is 64.2 Å². The van der Waals surface area contributed by atoms with Gasteiger partial charge < -0.3 is 10.1 Å². The lowest BCUT2D eigenvalue weighted by atomic mass is 10.0. The van der Waals surface area contributed by atoms with Gasteiger partial charge in [-0.25, -0.2) is 8.37 Å². The lowest BCUT2D eigenvalue weighted by Crippen LogP contribution is -2.34. The van der Waals surface area contributed by atoms with Crippen LogP contribution in [0.5, 0.6) is 5.75 Å². The topological polar surface area (TPSA) is 209 Å². The fourth-order valence-electron chi connectivity index (χ4n) is 2.59. The zero-order valence-electron chi connectivity index (χ0n) is 16.7. The summed E-state index contributed by atoms with van der Waals surface area (Å²) in [6.07, 6.45) is -3.39. The van der Waals surface area contributed by atoms with Gasteiger partial charge in [-0.3, -0.25) is 24.0 Å². The summed E-state index contributed by atoms with van der Waals surface area (Å²) >= 11 is 0. The predicted molar refractivity (Wildman–Crippen MR) is 111 cm³/mol. The van der Waals surface area contributed by atoms with Crippen LogP contribution in [0, 0.1) is 10.1 Å². The van der Waals surface area contributed by atoms with Gasteiger partial charge in [0.05, 0.1) is 4.92 Å². The van der Waals surface area contributed by atoms with Crippen LogP contribution in [0.2, 0.25) is 0 Å². The number of non-ortho nitro benzene ring substituents is 1. The van der Waals surface area contributed by atoms with Crippen LogP contribution >= 0.6 is 0 Å². The molecule has 2 rings (SSSR count). The SMILES string of the molecule is CC(=O)Nc1ccc(O[C@H](c2ccc([N+](=O)[O-])cc2)[C@H](COS(=O)(=O)O)OS(=O)(=O)O)cc1. The van der Waals surface area contributed by atoms with E-state index in [4.69, 9.17) is 13.8 Å². The molecule has 180 valence electrons. The van der Waals surface area contributed by atoms with Gasteiger partial charge >= 0.3 is 20.8 Å². The Balaban J connectivity index is 2.45. The van der Waals surface area contributed by atoms with Gasteiger partial charge in [0.25, 0.3) is 5.69 Å². The number of rotatable bonds is 11. The number of nitro benzene ring substituents is 1. The molecule has 0 aliphatic rings. The van der Waals surface area contributed by atoms with E-state index in [0.29, 0.717) is 5.69 Å². The Hall–Kier alpha value is -3.15. The molecule has 0 spiro atoms. The van der Waals surface area contributed by atoms with E-state index in [1.54, 1.807) is 0 Å². The summed E-state index contributed by atoms with van der Waals surface area (Å²) < 4.78 is 76.9. The lowest BCUT2D eigenvalue weighted by Gasteiger charge is -2.26. The van der Waals surface area contributed by atoms with Gasteiger partial charge in [-0.05, 0) is 42.0 Å². The average molecular weight is 506 g/mol. The minimum absolute atomic E-state index is 0.0686. The molecule has 0 fully saturated rings. The van der Waals surface area contributed by atoms with E-state index in [1.165, 1.54) is 43.3 Å². The Morgan fingerprint density at radius 2 is 1.61 bits per heavy atom. The highest BCUT2D eigenvalue weighted by atomic mass is 32.3. The van der Waals surface area contributed by atoms with Gasteiger partial charge in [-0.15, -0.1) is 0 Å². The molecule has 0 aromatic heterocycles. The number of hydrogen-bond donors (Lipinski definition) is 3. The van der Waals surface area contributed by atoms with Gasteiger partial charge in [0.15, 0.2) is 6.10 Å². The molecule has 0 radical (unpaired) electrons. The van der Waals surface area contributed by atoms with Crippen molar-refractivity contribution in [3.63, 3.8) is 0 Å². The molecule has 2 aromatic rings. The third kappa shape index (κ3) is 9.08. The largest absolute Gasteiger partial charge is 0.483 e. The number of amides is 1. The number of nitrogens with one attached hydrogen (secondary N) is 1. The summed E-state index contributed by atoms with van der Waals surface area (Å²) in [5, 5.41) is 13.4. The minimum Gasteiger partial charge on any atom is -0.483 e. The van der Waals surface area contributed by atoms with E-state index >= 15 is 0 Å². The summed E-state index contributed by atoms with van der Waals surface area (Å²) in [4.78, 5) is 21.4. The first-order valence-electron chi connectivity index (χ1n) is 8.80. The molecular formula is C17H18N2O12S2. The fraction of sp³-hybridized carbons (Fsp3) is 0.235. The van der Waals surface area contributed by atoms with Crippen LogP contribution in [0.15, 0.2) is 48.5 Å². The molecule has 0 aliphatic carbocycles. The van der Waals surface area contributed by atoms with E-state index in [1.807, 2.05) is 0 Å². The quantitative estimate of drug-likeness (QED) is 0.226. The number of hydrogen-bond acceptors (Lipinski definition) is 10. The van der Waals surface area contributed by atoms with Gasteiger partial charge in [0.1, 0.15) is 18.5 Å². The number of nitrogens with zero attached hydrogens (tertiary/aromatic N) is 1. The molecule has 0 heterocycles. The monoisotopic (exact) mass is 506 g/mol. The van der Waals surface area contributed by atoms with Crippen molar-refractivity contribution >= 4 is 38.1 Å². The standard InChI is InChI=1S/C17H18N2O12S2/c1-11(20)18-13-4-8-15(9-5-13)30-17(12-2-6-14(7-3-12)19(21)22)16(31-33(26,27)28)10-29-32(23,24)25/h2-9,16-17H,10H2,1H3,(H,18,20)(H,23,24,25)(H,26,27,28)/t16-,17+/m0/s1. The van der Waals surface area contributed by atoms with Crippen LogP contribution in [-0.2, 0) is 34.0 Å². The van der Waals surface area contributed by atoms with E-state index in [0.717, 1.165) is 12.1 Å². The van der Waals surface area contributed by atoms with Crippen LogP contribution < -0.4 is 10.1 Å². The van der Waals surface area contributed by atoms with Crippen molar-refractivity contribution in [1.82, 2.24) is 0 Å². The molecule has 0 aliphatic heterocycles. The molecule has 1 amide bonds. The zero-order chi connectivity index (χ0) is 24.8. The Morgan fingerprint density at radius 3 is 2.06 bits per heavy atom. The molecule has 2 aromatic carbocycles. The number of anilines is 1. The summed E-state index contributed by atoms with van der Waals surface area (Å²) in [5.41, 5.74) is 0.167. The van der Waals surface area contributed by atoms with Gasteiger partial charge in [0, 0.05) is 24.7 Å². The van der Waals surface area contributed by atoms with Crippen LogP contribution in [0.25, 0.3) is 0 Å². The number of ether oxygens (including phenoxy) is 1. The predicted octanol–water partition coefficient (Wildman–Crippen LogP) is 1.68. The van der Waals surface area contributed by atoms with Crippen LogP contribution in [0.4, 0.5) is 11.4 Å². The van der Waals surface area contributed by atoms with E-state index in [-0.39, 0.29) is 22.9 Å². The third-order valence-electron chi connectivity index (χ3n) is 3.83. The molecule has 16 heteroatoms. The molecule has 0 bridgehead atoms. The lowest BCUT2D eigenvalue weighted by molar-refractivity contribution is -0.384. The van der Waals surface area contributed by atoms with Gasteiger partial charge in [0.2, 0.25) is 5.91 Å². The van der Waals surface area contributed by atoms with Crippen molar-refractivity contribution < 1.29 is 48.8 Å². The first-order chi connectivity index (χ1) is 15.2. The first kappa shape index (κ1) is 26.1. The zero-order valence-corrected chi connectivity index (χ0v) is 18.4. The Labute approximate surface area is 188 Å². The summed E-state index contributed by atoms with van der Waals surface area (Å²) in [5.74, 6) is -0.264. The van der Waals surface area contributed by atoms with Crippen molar-refractivity contribution in [2.24, 2.45) is 0 Å². The molecule has 0 saturated carbocycles. The molecule has 14 nitrogen and oxygen atoms in total. The highest BCUT2D eigenvalue weighted by Crippen LogP contribution is 2.30. The average Bonchev–Trinajstić information content (AvgIpc) is 2.69. The number of benzene rings is 2. The maximum Gasteiger partial charge on any atom is 0.397 e. The normalized spacial score (nSPS) is 13.7. The van der Waals surface area contributed by atoms with Crippen LogP contribution in [0.1, 0.15) is 18.6 Å². The number of carbonyl (C=O) groups is 1. The molecule has 3 N–H and O–H groups in total. The summed E-state index contributed by atoms with van der Waals surface area (Å²) in [7, 11) is -10.2. The number of carbonyl (C=O) groups excluding carboxylic acids is 1. The molecular weight excluding hydrogens is 488 g/mol. The number of nitro groups is 1. The maximum atomic E-state index is 11.3. The molecule has 0 unspecified atom stereocenters. The first-order valence-corrected chi connectivity index (χ1v) is 11.5. The Bertz CT molecular complexity index is 1200. The third-order valence-corrected chi connectivity index (χ3v) is 4.76. The fourth-order valence-corrected chi connectivity index (χ4v) is 3.36. The second-order valence-electron chi connectivity index (χ2n) is 6.37. The van der Waals surface area contributed by atoms with Crippen molar-refractivity contribution in [1.29, 1.82) is 0 Å². The Kier molecular flexibility index (Phi) is 8.42. The van der Waals surface area contributed by atoms with Gasteiger partial charge in [-0.1, -0.05) is 0 Å². The molecule has 33 heavy (non-hydrogen) atoms. The van der Waals surface area contributed by atoms with Crippen LogP contribution in [0.3, 0.4) is 0 Å². The highest BCUT2D eigenvalue weighted by Gasteiger charge is 2.32. The molecule has 0 saturated heterocycles. The van der Waals surface area contributed by atoms with Crippen LogP contribution in [-0.4, -0.2) is 49.5 Å². The second-order valence-corrected chi connectivity index (χ2v) is 8.51. The molecule has 2 atom stereocenters. The van der Waals surface area contributed by atoms with Crippen molar-refractivity contribution in [3.8, 4) is 5.75 Å². The highest BCUT2D eigenvalue weighted by molar-refractivity contribution is 7.81. The van der Waals surface area contributed by atoms with Crippen molar-refractivity contribution in [2.75, 3.05) is 11.9 Å². The van der Waals surface area contributed by atoms with E-state index in [9.17, 15) is 31.7 Å². The maximum absolute atomic E-state index is 11.3. The van der Waals surface area contributed by atoms with Gasteiger partial charge in [-0.2, -0.15) is 16.8 Å².